The van der Waals surface area contributed by atoms with Gasteiger partial charge >= 0.3 is 12.0 Å². The molecule has 138 valence electrons. The van der Waals surface area contributed by atoms with E-state index in [0.717, 1.165) is 18.6 Å². The maximum atomic E-state index is 12.7. The number of esters is 1. The lowest BCUT2D eigenvalue weighted by molar-refractivity contribution is 0.0520. The van der Waals surface area contributed by atoms with E-state index < -0.39 is 5.97 Å². The van der Waals surface area contributed by atoms with Gasteiger partial charge in [-0.05, 0) is 44.0 Å². The van der Waals surface area contributed by atoms with Crippen LogP contribution in [0.1, 0.15) is 35.3 Å². The van der Waals surface area contributed by atoms with Crippen molar-refractivity contribution in [3.05, 3.63) is 40.3 Å². The summed E-state index contributed by atoms with van der Waals surface area (Å²) in [5, 5.41) is 5.28. The molecule has 0 aliphatic heterocycles. The number of hydrogen-bond acceptors (Lipinski definition) is 6. The molecule has 1 aliphatic rings. The molecule has 7 nitrogen and oxygen atoms in total. The lowest BCUT2D eigenvalue weighted by atomic mass is 10.3. The number of hydrogen-bond donors (Lipinski definition) is 1. The molecule has 1 aliphatic carbocycles. The first kappa shape index (κ1) is 18.2. The number of carbonyl (C=O) groups is 2. The van der Waals surface area contributed by atoms with E-state index in [1.54, 1.807) is 48.6 Å². The summed E-state index contributed by atoms with van der Waals surface area (Å²) in [6.45, 7) is 2.43. The van der Waals surface area contributed by atoms with Gasteiger partial charge in [-0.3, -0.25) is 0 Å². The number of nitrogens with one attached hydrogen (secondary N) is 1. The molecule has 0 atom stereocenters. The molecule has 1 aromatic carbocycles. The first-order valence-corrected chi connectivity index (χ1v) is 9.32. The smallest absolute Gasteiger partial charge is 0.357 e. The normalized spacial score (nSPS) is 13.2. The van der Waals surface area contributed by atoms with Gasteiger partial charge in [0.1, 0.15) is 10.8 Å². The van der Waals surface area contributed by atoms with E-state index in [4.69, 9.17) is 9.47 Å². The van der Waals surface area contributed by atoms with E-state index >= 15 is 0 Å². The van der Waals surface area contributed by atoms with Crippen molar-refractivity contribution in [3.63, 3.8) is 0 Å². The minimum Gasteiger partial charge on any atom is -0.497 e. The van der Waals surface area contributed by atoms with Crippen LogP contribution in [0.4, 0.5) is 10.5 Å². The van der Waals surface area contributed by atoms with Gasteiger partial charge in [0, 0.05) is 17.1 Å². The predicted octanol–water partition coefficient (Wildman–Crippen LogP) is 3.52. The SMILES string of the molecule is CCOC(=O)c1csc(CN(C(=O)Nc2ccc(OC)cc2)C2CC2)n1. The summed E-state index contributed by atoms with van der Waals surface area (Å²) in [7, 11) is 1.60. The van der Waals surface area contributed by atoms with Gasteiger partial charge in [-0.1, -0.05) is 0 Å². The van der Waals surface area contributed by atoms with Gasteiger partial charge in [-0.25, -0.2) is 14.6 Å². The fourth-order valence-corrected chi connectivity index (χ4v) is 3.21. The highest BCUT2D eigenvalue weighted by atomic mass is 32.1. The average molecular weight is 375 g/mol. The second-order valence-corrected chi connectivity index (χ2v) is 6.81. The van der Waals surface area contributed by atoms with Crippen LogP contribution in [0.15, 0.2) is 29.6 Å². The highest BCUT2D eigenvalue weighted by Gasteiger charge is 2.33. The van der Waals surface area contributed by atoms with Crippen molar-refractivity contribution in [2.75, 3.05) is 19.0 Å². The highest BCUT2D eigenvalue weighted by Crippen LogP contribution is 2.30. The largest absolute Gasteiger partial charge is 0.497 e. The molecular weight excluding hydrogens is 354 g/mol. The standard InChI is InChI=1S/C18H21N3O4S/c1-3-25-17(22)15-11-26-16(20-15)10-21(13-6-7-13)18(23)19-12-4-8-14(24-2)9-5-12/h4-5,8-9,11,13H,3,6-7,10H2,1-2H3,(H,19,23). The third-order valence-electron chi connectivity index (χ3n) is 3.93. The topological polar surface area (TPSA) is 80.8 Å². The van der Waals surface area contributed by atoms with Crippen molar-refractivity contribution in [2.45, 2.75) is 32.4 Å². The summed E-state index contributed by atoms with van der Waals surface area (Å²) in [6, 6.07) is 7.22. The van der Waals surface area contributed by atoms with E-state index in [9.17, 15) is 9.59 Å². The van der Waals surface area contributed by atoms with Crippen LogP contribution in [-0.2, 0) is 11.3 Å². The van der Waals surface area contributed by atoms with Gasteiger partial charge < -0.3 is 19.7 Å². The maximum Gasteiger partial charge on any atom is 0.357 e. The van der Waals surface area contributed by atoms with Crippen LogP contribution in [0.3, 0.4) is 0 Å². The number of rotatable bonds is 7. The Labute approximate surface area is 155 Å². The van der Waals surface area contributed by atoms with Gasteiger partial charge in [0.15, 0.2) is 5.69 Å². The van der Waals surface area contributed by atoms with E-state index in [-0.39, 0.29) is 17.8 Å². The second kappa shape index (κ2) is 8.18. The Bertz CT molecular complexity index is 771. The van der Waals surface area contributed by atoms with Crippen LogP contribution < -0.4 is 10.1 Å². The zero-order chi connectivity index (χ0) is 18.5. The number of ether oxygens (including phenoxy) is 2. The van der Waals surface area contributed by atoms with Crippen LogP contribution >= 0.6 is 11.3 Å². The molecule has 26 heavy (non-hydrogen) atoms. The van der Waals surface area contributed by atoms with Gasteiger partial charge in [-0.2, -0.15) is 0 Å². The number of amides is 2. The van der Waals surface area contributed by atoms with Gasteiger partial charge in [0.05, 0.1) is 20.3 Å². The molecule has 3 rings (SSSR count). The highest BCUT2D eigenvalue weighted by molar-refractivity contribution is 7.09. The van der Waals surface area contributed by atoms with Gasteiger partial charge in [0.2, 0.25) is 0 Å². The number of methoxy groups -OCH3 is 1. The average Bonchev–Trinajstić information content (AvgIpc) is 3.38. The third kappa shape index (κ3) is 4.51. The zero-order valence-electron chi connectivity index (χ0n) is 14.7. The Kier molecular flexibility index (Phi) is 5.72. The second-order valence-electron chi connectivity index (χ2n) is 5.86. The van der Waals surface area contributed by atoms with E-state index in [1.807, 2.05) is 0 Å². The van der Waals surface area contributed by atoms with Crippen LogP contribution in [0.5, 0.6) is 5.75 Å². The maximum absolute atomic E-state index is 12.7. The van der Waals surface area contributed by atoms with Crippen molar-refractivity contribution >= 4 is 29.0 Å². The summed E-state index contributed by atoms with van der Waals surface area (Å²) in [5.41, 5.74) is 0.992. The monoisotopic (exact) mass is 375 g/mol. The predicted molar refractivity (Wildman–Crippen MR) is 98.6 cm³/mol. The molecule has 1 heterocycles. The molecule has 8 heteroatoms. The van der Waals surface area contributed by atoms with Crippen LogP contribution in [0.2, 0.25) is 0 Å². The molecule has 0 unspecified atom stereocenters. The molecule has 0 saturated heterocycles. The van der Waals surface area contributed by atoms with E-state index in [0.29, 0.717) is 23.8 Å². The fraction of sp³-hybridized carbons (Fsp3) is 0.389. The number of anilines is 1. The van der Waals surface area contributed by atoms with Crippen LogP contribution in [0.25, 0.3) is 0 Å². The van der Waals surface area contributed by atoms with Gasteiger partial charge in [0.25, 0.3) is 0 Å². The quantitative estimate of drug-likeness (QED) is 0.749. The first-order valence-electron chi connectivity index (χ1n) is 8.44. The molecule has 1 fully saturated rings. The number of nitrogens with zero attached hydrogens (tertiary/aromatic N) is 2. The molecular formula is C18H21N3O4S. The van der Waals surface area contributed by atoms with Gasteiger partial charge in [-0.15, -0.1) is 11.3 Å². The van der Waals surface area contributed by atoms with Crippen LogP contribution in [0, 0.1) is 0 Å². The molecule has 0 radical (unpaired) electrons. The van der Waals surface area contributed by atoms with E-state index in [1.165, 1.54) is 11.3 Å². The lowest BCUT2D eigenvalue weighted by Gasteiger charge is -2.21. The number of carbonyl (C=O) groups excluding carboxylic acids is 2. The molecule has 2 aromatic rings. The summed E-state index contributed by atoms with van der Waals surface area (Å²) in [6.07, 6.45) is 1.96. The fourth-order valence-electron chi connectivity index (χ4n) is 2.45. The minimum absolute atomic E-state index is 0.175. The number of urea groups is 1. The Balaban J connectivity index is 1.65. The summed E-state index contributed by atoms with van der Waals surface area (Å²) in [5.74, 6) is 0.298. The number of thiazole rings is 1. The third-order valence-corrected chi connectivity index (χ3v) is 4.77. The molecule has 2 amide bonds. The molecule has 0 spiro atoms. The Morgan fingerprint density at radius 2 is 2.04 bits per heavy atom. The zero-order valence-corrected chi connectivity index (χ0v) is 15.5. The first-order chi connectivity index (χ1) is 12.6. The number of aromatic nitrogens is 1. The minimum atomic E-state index is -0.435. The summed E-state index contributed by atoms with van der Waals surface area (Å²) >= 11 is 1.36. The molecule has 1 saturated carbocycles. The van der Waals surface area contributed by atoms with Crippen molar-refractivity contribution in [1.29, 1.82) is 0 Å². The van der Waals surface area contributed by atoms with Crippen LogP contribution in [-0.4, -0.2) is 41.6 Å². The number of benzene rings is 1. The lowest BCUT2D eigenvalue weighted by Crippen LogP contribution is -2.36. The van der Waals surface area contributed by atoms with Crippen molar-refractivity contribution in [1.82, 2.24) is 9.88 Å². The van der Waals surface area contributed by atoms with Crippen molar-refractivity contribution in [3.8, 4) is 5.75 Å². The summed E-state index contributed by atoms with van der Waals surface area (Å²) < 4.78 is 10.1. The summed E-state index contributed by atoms with van der Waals surface area (Å²) in [4.78, 5) is 30.5. The van der Waals surface area contributed by atoms with Crippen molar-refractivity contribution in [2.24, 2.45) is 0 Å². The Morgan fingerprint density at radius 1 is 1.31 bits per heavy atom. The molecule has 1 N–H and O–H groups in total. The molecule has 1 aromatic heterocycles. The van der Waals surface area contributed by atoms with Crippen molar-refractivity contribution < 1.29 is 19.1 Å². The van der Waals surface area contributed by atoms with E-state index in [2.05, 4.69) is 10.3 Å². The molecule has 0 bridgehead atoms. The Hall–Kier alpha value is -2.61. The Morgan fingerprint density at radius 3 is 2.65 bits per heavy atom.